The van der Waals surface area contributed by atoms with Gasteiger partial charge in [0.15, 0.2) is 0 Å². The zero-order valence-corrected chi connectivity index (χ0v) is 17.4. The number of aryl methyl sites for hydroxylation is 1. The number of anilines is 2. The normalized spacial score (nSPS) is 12.3. The molecule has 0 fully saturated rings. The molecule has 0 aromatic heterocycles. The molecule has 2 rings (SSSR count). The van der Waals surface area contributed by atoms with Gasteiger partial charge in [0.25, 0.3) is 10.0 Å². The molecule has 2 aromatic carbocycles. The Morgan fingerprint density at radius 2 is 1.72 bits per heavy atom. The Kier molecular flexibility index (Phi) is 6.97. The van der Waals surface area contributed by atoms with Crippen LogP contribution < -0.4 is 15.4 Å². The fraction of sp³-hybridized carbons (Fsp3) is 0.300. The minimum Gasteiger partial charge on any atom is -0.344 e. The van der Waals surface area contributed by atoms with Crippen molar-refractivity contribution in [3.63, 3.8) is 0 Å². The van der Waals surface area contributed by atoms with Crippen LogP contribution in [0.1, 0.15) is 26.3 Å². The van der Waals surface area contributed by atoms with Crippen molar-refractivity contribution < 1.29 is 22.4 Å². The molecule has 0 bridgehead atoms. The van der Waals surface area contributed by atoms with Gasteiger partial charge in [0.2, 0.25) is 11.8 Å². The van der Waals surface area contributed by atoms with E-state index < -0.39 is 27.8 Å². The number of amides is 2. The molecule has 9 heteroatoms. The maximum Gasteiger partial charge on any atom is 0.262 e. The Bertz CT molecular complexity index is 1020. The highest BCUT2D eigenvalue weighted by Crippen LogP contribution is 2.24. The minimum atomic E-state index is -4.09. The molecule has 3 N–H and O–H groups in total. The molecule has 0 aliphatic heterocycles. The lowest BCUT2D eigenvalue weighted by molar-refractivity contribution is -0.126. The molecule has 1 atom stereocenters. The maximum absolute atomic E-state index is 13.8. The number of sulfonamides is 1. The molecule has 0 saturated carbocycles. The first kappa shape index (κ1) is 22.4. The molecule has 0 radical (unpaired) electrons. The first-order valence-electron chi connectivity index (χ1n) is 8.97. The van der Waals surface area contributed by atoms with Gasteiger partial charge in [-0.25, -0.2) is 12.8 Å². The second-order valence-corrected chi connectivity index (χ2v) is 8.63. The van der Waals surface area contributed by atoms with Crippen molar-refractivity contribution in [1.29, 1.82) is 0 Å². The lowest BCUT2D eigenvalue weighted by Gasteiger charge is -2.21. The molecular formula is C20H24FN3O4S. The van der Waals surface area contributed by atoms with E-state index in [0.29, 0.717) is 5.56 Å². The third-order valence-corrected chi connectivity index (χ3v) is 5.68. The number of hydrogen-bond acceptors (Lipinski definition) is 4. The molecule has 0 saturated heterocycles. The maximum atomic E-state index is 13.8. The SMILES string of the molecule is CC(=O)N[C@@H](C(=O)Nc1ccc(C)c(S(=O)(=O)Nc2ccccc2F)c1)C(C)C. The van der Waals surface area contributed by atoms with Crippen molar-refractivity contribution in [2.24, 2.45) is 5.92 Å². The van der Waals surface area contributed by atoms with Gasteiger partial charge in [-0.1, -0.05) is 32.0 Å². The Balaban J connectivity index is 2.30. The Hall–Kier alpha value is -2.94. The van der Waals surface area contributed by atoms with Gasteiger partial charge in [-0.2, -0.15) is 0 Å². The summed E-state index contributed by atoms with van der Waals surface area (Å²) < 4.78 is 41.6. The second-order valence-electron chi connectivity index (χ2n) is 6.98. The van der Waals surface area contributed by atoms with Crippen LogP contribution in [-0.4, -0.2) is 26.3 Å². The molecule has 0 spiro atoms. The summed E-state index contributed by atoms with van der Waals surface area (Å²) in [7, 11) is -4.09. The lowest BCUT2D eigenvalue weighted by Crippen LogP contribution is -2.46. The van der Waals surface area contributed by atoms with Crippen molar-refractivity contribution in [1.82, 2.24) is 5.32 Å². The third-order valence-electron chi connectivity index (χ3n) is 4.17. The number of halogens is 1. The van der Waals surface area contributed by atoms with Crippen molar-refractivity contribution in [3.05, 3.63) is 53.8 Å². The zero-order valence-electron chi connectivity index (χ0n) is 16.6. The highest BCUT2D eigenvalue weighted by molar-refractivity contribution is 7.92. The van der Waals surface area contributed by atoms with Gasteiger partial charge in [0.1, 0.15) is 11.9 Å². The van der Waals surface area contributed by atoms with E-state index >= 15 is 0 Å². The van der Waals surface area contributed by atoms with Gasteiger partial charge in [0, 0.05) is 12.6 Å². The molecule has 0 heterocycles. The molecule has 29 heavy (non-hydrogen) atoms. The van der Waals surface area contributed by atoms with Crippen LogP contribution in [0.25, 0.3) is 0 Å². The first-order valence-corrected chi connectivity index (χ1v) is 10.5. The topological polar surface area (TPSA) is 104 Å². The highest BCUT2D eigenvalue weighted by atomic mass is 32.2. The summed E-state index contributed by atoms with van der Waals surface area (Å²) in [6.45, 7) is 6.47. The van der Waals surface area contributed by atoms with Crippen LogP contribution in [0.2, 0.25) is 0 Å². The molecule has 156 valence electrons. The molecule has 2 amide bonds. The highest BCUT2D eigenvalue weighted by Gasteiger charge is 2.24. The monoisotopic (exact) mass is 421 g/mol. The van der Waals surface area contributed by atoms with Crippen molar-refractivity contribution in [2.75, 3.05) is 10.0 Å². The van der Waals surface area contributed by atoms with Crippen LogP contribution in [0.3, 0.4) is 0 Å². The fourth-order valence-corrected chi connectivity index (χ4v) is 4.02. The summed E-state index contributed by atoms with van der Waals surface area (Å²) in [5, 5.41) is 5.19. The van der Waals surface area contributed by atoms with Crippen LogP contribution in [0, 0.1) is 18.7 Å². The van der Waals surface area contributed by atoms with Gasteiger partial charge >= 0.3 is 0 Å². The number of carbonyl (C=O) groups is 2. The van der Waals surface area contributed by atoms with Gasteiger partial charge in [0.05, 0.1) is 10.6 Å². The number of hydrogen-bond donors (Lipinski definition) is 3. The Morgan fingerprint density at radius 1 is 1.07 bits per heavy atom. The number of carbonyl (C=O) groups excluding carboxylic acids is 2. The number of benzene rings is 2. The van der Waals surface area contributed by atoms with E-state index in [4.69, 9.17) is 0 Å². The molecule has 2 aromatic rings. The number of nitrogens with one attached hydrogen (secondary N) is 3. The minimum absolute atomic E-state index is 0.0980. The molecular weight excluding hydrogens is 397 g/mol. The predicted molar refractivity (Wildman–Crippen MR) is 109 cm³/mol. The van der Waals surface area contributed by atoms with Gasteiger partial charge in [-0.05, 0) is 42.7 Å². The summed E-state index contributed by atoms with van der Waals surface area (Å²) in [6, 6.07) is 9.04. The van der Waals surface area contributed by atoms with Crippen molar-refractivity contribution in [2.45, 2.75) is 38.6 Å². The first-order chi connectivity index (χ1) is 13.5. The standard InChI is InChI=1S/C20H24FN3O4S/c1-12(2)19(22-14(4)25)20(26)23-15-10-9-13(3)18(11-15)29(27,28)24-17-8-6-5-7-16(17)21/h5-12,19,24H,1-4H3,(H,22,25)(H,23,26)/t19-/m1/s1. The summed E-state index contributed by atoms with van der Waals surface area (Å²) >= 11 is 0. The van der Waals surface area contributed by atoms with Crippen LogP contribution in [-0.2, 0) is 19.6 Å². The van der Waals surface area contributed by atoms with Gasteiger partial charge in [-0.3, -0.25) is 14.3 Å². The average molecular weight is 421 g/mol. The van der Waals surface area contributed by atoms with E-state index in [0.717, 1.165) is 6.07 Å². The van der Waals surface area contributed by atoms with Crippen LogP contribution in [0.5, 0.6) is 0 Å². The van der Waals surface area contributed by atoms with Gasteiger partial charge < -0.3 is 10.6 Å². The molecule has 0 unspecified atom stereocenters. The van der Waals surface area contributed by atoms with Gasteiger partial charge in [-0.15, -0.1) is 0 Å². The second kappa shape index (κ2) is 9.04. The quantitative estimate of drug-likeness (QED) is 0.639. The third kappa shape index (κ3) is 5.77. The van der Waals surface area contributed by atoms with Crippen LogP contribution in [0.15, 0.2) is 47.4 Å². The summed E-state index contributed by atoms with van der Waals surface area (Å²) in [4.78, 5) is 23.8. The van der Waals surface area contributed by atoms with Crippen LogP contribution >= 0.6 is 0 Å². The summed E-state index contributed by atoms with van der Waals surface area (Å²) in [6.07, 6.45) is 0. The largest absolute Gasteiger partial charge is 0.344 e. The average Bonchev–Trinajstić information content (AvgIpc) is 2.62. The number of para-hydroxylation sites is 1. The molecule has 7 nitrogen and oxygen atoms in total. The predicted octanol–water partition coefficient (Wildman–Crippen LogP) is 3.03. The summed E-state index contributed by atoms with van der Waals surface area (Å²) in [5.74, 6) is -1.69. The van der Waals surface area contributed by atoms with E-state index in [1.54, 1.807) is 26.8 Å². The van der Waals surface area contributed by atoms with E-state index in [9.17, 15) is 22.4 Å². The Labute approximate surface area is 169 Å². The lowest BCUT2D eigenvalue weighted by atomic mass is 10.0. The van der Waals surface area contributed by atoms with E-state index in [2.05, 4.69) is 15.4 Å². The number of rotatable bonds is 7. The van der Waals surface area contributed by atoms with E-state index in [-0.39, 0.29) is 28.1 Å². The van der Waals surface area contributed by atoms with Crippen LogP contribution in [0.4, 0.5) is 15.8 Å². The van der Waals surface area contributed by atoms with Crippen molar-refractivity contribution >= 4 is 33.2 Å². The summed E-state index contributed by atoms with van der Waals surface area (Å²) in [5.41, 5.74) is 0.492. The van der Waals surface area contributed by atoms with E-state index in [1.165, 1.54) is 37.3 Å². The Morgan fingerprint density at radius 3 is 2.31 bits per heavy atom. The smallest absolute Gasteiger partial charge is 0.262 e. The van der Waals surface area contributed by atoms with E-state index in [1.807, 2.05) is 0 Å². The van der Waals surface area contributed by atoms with Crippen molar-refractivity contribution in [3.8, 4) is 0 Å². The zero-order chi connectivity index (χ0) is 21.8. The molecule has 0 aliphatic carbocycles. The fourth-order valence-electron chi connectivity index (χ4n) is 2.69. The molecule has 0 aliphatic rings.